The molecule has 4 rings (SSSR count). The molecule has 0 aliphatic carbocycles. The van der Waals surface area contributed by atoms with Crippen LogP contribution in [0.5, 0.6) is 11.5 Å². The molecule has 0 spiro atoms. The van der Waals surface area contributed by atoms with Gasteiger partial charge in [0.1, 0.15) is 11.5 Å². The highest BCUT2D eigenvalue weighted by Gasteiger charge is 2.23. The fourth-order valence-electron chi connectivity index (χ4n) is 3.65. The second-order valence-corrected chi connectivity index (χ2v) is 8.92. The number of benzene rings is 2. The number of carbonyl (C=O) groups is 1. The molecular formula is C23H26ClN3O4S. The fourth-order valence-corrected chi connectivity index (χ4v) is 4.92. The van der Waals surface area contributed by atoms with Crippen LogP contribution in [0.1, 0.15) is 16.8 Å². The van der Waals surface area contributed by atoms with Crippen LogP contribution >= 0.6 is 22.9 Å². The third kappa shape index (κ3) is 5.32. The number of morpholine rings is 1. The summed E-state index contributed by atoms with van der Waals surface area (Å²) in [4.78, 5) is 22.5. The molecule has 32 heavy (non-hydrogen) atoms. The van der Waals surface area contributed by atoms with Crippen LogP contribution in [0.15, 0.2) is 36.4 Å². The van der Waals surface area contributed by atoms with Crippen LogP contribution in [0.2, 0.25) is 5.02 Å². The summed E-state index contributed by atoms with van der Waals surface area (Å²) in [5.41, 5.74) is 1.31. The monoisotopic (exact) mass is 475 g/mol. The van der Waals surface area contributed by atoms with Gasteiger partial charge in [0.25, 0.3) is 5.91 Å². The van der Waals surface area contributed by atoms with Crippen LogP contribution in [0, 0.1) is 0 Å². The SMILES string of the molecule is COc1cc(OC)cc(C(=O)N(CCCN2CCOCC2)c2nc3ccc(Cl)cc3s2)c1. The number of amides is 1. The van der Waals surface area contributed by atoms with Crippen molar-refractivity contribution >= 4 is 44.2 Å². The molecule has 1 saturated heterocycles. The lowest BCUT2D eigenvalue weighted by Gasteiger charge is -2.27. The minimum atomic E-state index is -0.144. The van der Waals surface area contributed by atoms with Crippen molar-refractivity contribution in [3.63, 3.8) is 0 Å². The maximum Gasteiger partial charge on any atom is 0.260 e. The lowest BCUT2D eigenvalue weighted by Crippen LogP contribution is -2.39. The lowest BCUT2D eigenvalue weighted by atomic mass is 10.1. The van der Waals surface area contributed by atoms with Crippen LogP contribution in [-0.2, 0) is 4.74 Å². The van der Waals surface area contributed by atoms with Crippen LogP contribution < -0.4 is 14.4 Å². The molecule has 170 valence electrons. The topological polar surface area (TPSA) is 64.1 Å². The predicted octanol–water partition coefficient (Wildman–Crippen LogP) is 4.34. The van der Waals surface area contributed by atoms with E-state index in [0.717, 1.165) is 49.5 Å². The van der Waals surface area contributed by atoms with E-state index in [4.69, 9.17) is 30.8 Å². The lowest BCUT2D eigenvalue weighted by molar-refractivity contribution is 0.0376. The summed E-state index contributed by atoms with van der Waals surface area (Å²) in [5, 5.41) is 1.30. The predicted molar refractivity (Wildman–Crippen MR) is 128 cm³/mol. The standard InChI is InChI=1S/C23H26ClN3O4S/c1-29-18-12-16(13-19(15-18)30-2)22(28)27(7-3-6-26-8-10-31-11-9-26)23-25-20-5-4-17(24)14-21(20)32-23/h4-5,12-15H,3,6-11H2,1-2H3. The highest BCUT2D eigenvalue weighted by molar-refractivity contribution is 7.22. The molecule has 0 radical (unpaired) electrons. The summed E-state index contributed by atoms with van der Waals surface area (Å²) in [6, 6.07) is 10.8. The van der Waals surface area contributed by atoms with Crippen molar-refractivity contribution in [1.29, 1.82) is 0 Å². The largest absolute Gasteiger partial charge is 0.497 e. The van der Waals surface area contributed by atoms with E-state index in [1.165, 1.54) is 11.3 Å². The van der Waals surface area contributed by atoms with Gasteiger partial charge in [-0.1, -0.05) is 22.9 Å². The van der Waals surface area contributed by atoms with Crippen LogP contribution in [-0.4, -0.2) is 69.4 Å². The number of hydrogen-bond donors (Lipinski definition) is 0. The number of aromatic nitrogens is 1. The van der Waals surface area contributed by atoms with Gasteiger partial charge in [-0.25, -0.2) is 4.98 Å². The van der Waals surface area contributed by atoms with Crippen molar-refractivity contribution in [3.05, 3.63) is 47.0 Å². The maximum absolute atomic E-state index is 13.6. The quantitative estimate of drug-likeness (QED) is 0.483. The number of nitrogens with zero attached hydrogens (tertiary/aromatic N) is 3. The van der Waals surface area contributed by atoms with E-state index in [-0.39, 0.29) is 5.91 Å². The highest BCUT2D eigenvalue weighted by atomic mass is 35.5. The molecule has 1 fully saturated rings. The van der Waals surface area contributed by atoms with E-state index in [1.807, 2.05) is 18.2 Å². The Hall–Kier alpha value is -2.39. The second kappa shape index (κ2) is 10.5. The van der Waals surface area contributed by atoms with Crippen molar-refractivity contribution in [3.8, 4) is 11.5 Å². The van der Waals surface area contributed by atoms with E-state index in [0.29, 0.717) is 33.8 Å². The highest BCUT2D eigenvalue weighted by Crippen LogP contribution is 2.32. The third-order valence-electron chi connectivity index (χ3n) is 5.37. The summed E-state index contributed by atoms with van der Waals surface area (Å²) in [6.07, 6.45) is 0.823. The summed E-state index contributed by atoms with van der Waals surface area (Å²) in [7, 11) is 3.14. The van der Waals surface area contributed by atoms with Crippen LogP contribution in [0.25, 0.3) is 10.2 Å². The van der Waals surface area contributed by atoms with E-state index in [1.54, 1.807) is 37.3 Å². The second-order valence-electron chi connectivity index (χ2n) is 7.47. The Kier molecular flexibility index (Phi) is 7.47. The normalized spacial score (nSPS) is 14.5. The van der Waals surface area contributed by atoms with Gasteiger partial charge in [0.2, 0.25) is 0 Å². The Morgan fingerprint density at radius 1 is 1.16 bits per heavy atom. The van der Waals surface area contributed by atoms with Gasteiger partial charge in [0, 0.05) is 42.8 Å². The molecule has 1 amide bonds. The first-order valence-corrected chi connectivity index (χ1v) is 11.7. The van der Waals surface area contributed by atoms with E-state index >= 15 is 0 Å². The first-order chi connectivity index (χ1) is 15.6. The number of anilines is 1. The first-order valence-electron chi connectivity index (χ1n) is 10.5. The molecular weight excluding hydrogens is 450 g/mol. The Morgan fingerprint density at radius 2 is 1.88 bits per heavy atom. The van der Waals surface area contributed by atoms with Crippen molar-refractivity contribution < 1.29 is 19.0 Å². The van der Waals surface area contributed by atoms with Gasteiger partial charge in [-0.05, 0) is 36.8 Å². The molecule has 0 N–H and O–H groups in total. The summed E-state index contributed by atoms with van der Waals surface area (Å²) < 4.78 is 17.1. The van der Waals surface area contributed by atoms with E-state index < -0.39 is 0 Å². The molecule has 0 bridgehead atoms. The Bertz CT molecular complexity index is 1060. The van der Waals surface area contributed by atoms with Crippen molar-refractivity contribution in [2.24, 2.45) is 0 Å². The van der Waals surface area contributed by atoms with Gasteiger partial charge >= 0.3 is 0 Å². The molecule has 3 aromatic rings. The number of ether oxygens (including phenoxy) is 3. The van der Waals surface area contributed by atoms with Crippen molar-refractivity contribution in [2.45, 2.75) is 6.42 Å². The number of methoxy groups -OCH3 is 2. The molecule has 7 nitrogen and oxygen atoms in total. The molecule has 0 unspecified atom stereocenters. The summed E-state index contributed by atoms with van der Waals surface area (Å²) >= 11 is 7.62. The fraction of sp³-hybridized carbons (Fsp3) is 0.391. The molecule has 9 heteroatoms. The van der Waals surface area contributed by atoms with Gasteiger partial charge in [-0.15, -0.1) is 0 Å². The Morgan fingerprint density at radius 3 is 2.56 bits per heavy atom. The van der Waals surface area contributed by atoms with E-state index in [9.17, 15) is 4.79 Å². The average molecular weight is 476 g/mol. The van der Waals surface area contributed by atoms with Gasteiger partial charge < -0.3 is 14.2 Å². The minimum Gasteiger partial charge on any atom is -0.497 e. The maximum atomic E-state index is 13.6. The molecule has 2 heterocycles. The smallest absolute Gasteiger partial charge is 0.260 e. The Balaban J connectivity index is 1.62. The van der Waals surface area contributed by atoms with Crippen molar-refractivity contribution in [2.75, 3.05) is 58.5 Å². The van der Waals surface area contributed by atoms with Gasteiger partial charge in [0.05, 0.1) is 37.6 Å². The van der Waals surface area contributed by atoms with Gasteiger partial charge in [-0.2, -0.15) is 0 Å². The zero-order chi connectivity index (χ0) is 22.5. The minimum absolute atomic E-state index is 0.144. The van der Waals surface area contributed by atoms with Crippen LogP contribution in [0.4, 0.5) is 5.13 Å². The molecule has 1 aromatic heterocycles. The summed E-state index contributed by atoms with van der Waals surface area (Å²) in [5.74, 6) is 0.989. The molecule has 1 aliphatic heterocycles. The number of halogens is 1. The third-order valence-corrected chi connectivity index (χ3v) is 6.65. The van der Waals surface area contributed by atoms with Gasteiger partial charge in [0.15, 0.2) is 5.13 Å². The number of hydrogen-bond acceptors (Lipinski definition) is 7. The van der Waals surface area contributed by atoms with Gasteiger partial charge in [-0.3, -0.25) is 14.6 Å². The zero-order valence-corrected chi connectivity index (χ0v) is 19.7. The van der Waals surface area contributed by atoms with Crippen molar-refractivity contribution in [1.82, 2.24) is 9.88 Å². The molecule has 0 saturated carbocycles. The zero-order valence-electron chi connectivity index (χ0n) is 18.2. The number of carbonyl (C=O) groups excluding carboxylic acids is 1. The number of thiazole rings is 1. The summed E-state index contributed by atoms with van der Waals surface area (Å²) in [6.45, 7) is 4.78. The molecule has 2 aromatic carbocycles. The van der Waals surface area contributed by atoms with E-state index in [2.05, 4.69) is 4.90 Å². The number of fused-ring (bicyclic) bond motifs is 1. The molecule has 0 atom stereocenters. The Labute approximate surface area is 196 Å². The molecule has 1 aliphatic rings. The average Bonchev–Trinajstić information content (AvgIpc) is 3.24. The first kappa shape index (κ1) is 22.8. The number of rotatable bonds is 8. The van der Waals surface area contributed by atoms with Crippen LogP contribution in [0.3, 0.4) is 0 Å².